The van der Waals surface area contributed by atoms with Gasteiger partial charge in [-0.1, -0.05) is 145 Å². The minimum Gasteiger partial charge on any atom is -0.358 e. The number of fused-ring (bicyclic) bond motifs is 3. The Balaban J connectivity index is 1.06. The van der Waals surface area contributed by atoms with E-state index in [1.807, 2.05) is 12.3 Å². The maximum absolute atomic E-state index is 4.76. The van der Waals surface area contributed by atoms with Gasteiger partial charge in [-0.3, -0.25) is 4.98 Å². The van der Waals surface area contributed by atoms with Crippen LogP contribution in [0.2, 0.25) is 0 Å². The summed E-state index contributed by atoms with van der Waals surface area (Å²) < 4.78 is 0. The molecule has 1 N–H and O–H groups in total. The van der Waals surface area contributed by atoms with Crippen LogP contribution < -0.4 is 10.2 Å². The number of benzene rings is 9. The van der Waals surface area contributed by atoms with E-state index in [0.29, 0.717) is 0 Å². The Morgan fingerprint density at radius 3 is 1.55 bits per heavy atom. The highest BCUT2D eigenvalue weighted by Crippen LogP contribution is 2.76. The van der Waals surface area contributed by atoms with Crippen LogP contribution in [-0.2, 0) is 0 Å². The van der Waals surface area contributed by atoms with E-state index in [9.17, 15) is 0 Å². The van der Waals surface area contributed by atoms with Gasteiger partial charge in [0, 0.05) is 31.5 Å². The fourth-order valence-electron chi connectivity index (χ4n) is 9.84. The second kappa shape index (κ2) is 16.1. The van der Waals surface area contributed by atoms with Crippen LogP contribution in [0.4, 0.5) is 17.1 Å². The summed E-state index contributed by atoms with van der Waals surface area (Å²) in [5.74, 6) is 0. The summed E-state index contributed by atoms with van der Waals surface area (Å²) in [6.45, 7) is 8.81. The lowest BCUT2D eigenvalue weighted by Gasteiger charge is -2.43. The zero-order valence-electron chi connectivity index (χ0n) is 36.6. The lowest BCUT2D eigenvalue weighted by atomic mass is 9.90. The summed E-state index contributed by atoms with van der Waals surface area (Å²) in [5.41, 5.74) is 14.3. The van der Waals surface area contributed by atoms with Crippen LogP contribution in [0, 0.1) is 27.7 Å². The van der Waals surface area contributed by atoms with Gasteiger partial charge in [0.15, 0.2) is 0 Å². The number of nitrogens with one attached hydrogen (secondary N) is 1. The van der Waals surface area contributed by atoms with Gasteiger partial charge in [0.1, 0.15) is 6.17 Å². The molecule has 1 atom stereocenters. The number of aryl methyl sites for hydroxylation is 4. The third-order valence-electron chi connectivity index (χ3n) is 13.0. The van der Waals surface area contributed by atoms with Gasteiger partial charge in [-0.2, -0.15) is 0 Å². The van der Waals surface area contributed by atoms with Crippen LogP contribution >= 0.6 is 10.0 Å². The van der Waals surface area contributed by atoms with E-state index >= 15 is 0 Å². The fraction of sp³-hybridized carbons (Fsp3) is 0.0833. The van der Waals surface area contributed by atoms with E-state index in [0.717, 1.165) is 17.1 Å². The highest BCUT2D eigenvalue weighted by molar-refractivity contribution is 8.34. The predicted molar refractivity (Wildman–Crippen MR) is 270 cm³/mol. The number of anilines is 3. The van der Waals surface area contributed by atoms with Gasteiger partial charge in [0.05, 0.1) is 17.1 Å². The molecule has 0 saturated carbocycles. The summed E-state index contributed by atoms with van der Waals surface area (Å²) in [4.78, 5) is 12.5. The molecule has 64 heavy (non-hydrogen) atoms. The van der Waals surface area contributed by atoms with Crippen molar-refractivity contribution in [1.82, 2.24) is 4.98 Å². The molecule has 310 valence electrons. The summed E-state index contributed by atoms with van der Waals surface area (Å²) in [5, 5.41) is 8.89. The Morgan fingerprint density at radius 2 is 0.969 bits per heavy atom. The molecule has 1 aliphatic heterocycles. The average Bonchev–Trinajstić information content (AvgIpc) is 3.71. The highest BCUT2D eigenvalue weighted by Gasteiger charge is 2.37. The van der Waals surface area contributed by atoms with Crippen LogP contribution in [0.1, 0.15) is 34.1 Å². The molecule has 0 saturated heterocycles. The first kappa shape index (κ1) is 39.4. The lowest BCUT2D eigenvalue weighted by molar-refractivity contribution is 0.793. The number of pyridine rings is 1. The summed E-state index contributed by atoms with van der Waals surface area (Å²) in [6, 6.07) is 76.8. The zero-order chi connectivity index (χ0) is 43.4. The molecule has 0 aliphatic carbocycles. The summed E-state index contributed by atoms with van der Waals surface area (Å²) in [6.07, 6.45) is 1.77. The van der Waals surface area contributed by atoms with E-state index in [1.54, 1.807) is 0 Å². The maximum atomic E-state index is 4.76. The molecule has 0 spiro atoms. The van der Waals surface area contributed by atoms with Crippen molar-refractivity contribution >= 4 is 48.6 Å². The zero-order valence-corrected chi connectivity index (χ0v) is 37.4. The lowest BCUT2D eigenvalue weighted by Crippen LogP contribution is -2.24. The Morgan fingerprint density at radius 1 is 0.453 bits per heavy atom. The van der Waals surface area contributed by atoms with Crippen molar-refractivity contribution in [3.63, 3.8) is 0 Å². The first-order valence-corrected chi connectivity index (χ1v) is 23.8. The van der Waals surface area contributed by atoms with Crippen molar-refractivity contribution < 1.29 is 0 Å². The Kier molecular flexibility index (Phi) is 9.90. The Labute approximate surface area is 378 Å². The smallest absolute Gasteiger partial charge is 0.147 e. The quantitative estimate of drug-likeness (QED) is 0.154. The van der Waals surface area contributed by atoms with Crippen molar-refractivity contribution in [2.45, 2.75) is 53.4 Å². The maximum Gasteiger partial charge on any atom is 0.147 e. The molecule has 11 rings (SSSR count). The summed E-state index contributed by atoms with van der Waals surface area (Å²) >= 11 is 0. The molecular weight excluding hydrogens is 795 g/mol. The first-order chi connectivity index (χ1) is 31.4. The van der Waals surface area contributed by atoms with E-state index < -0.39 is 10.0 Å². The molecule has 0 fully saturated rings. The van der Waals surface area contributed by atoms with Crippen LogP contribution in [0.15, 0.2) is 232 Å². The van der Waals surface area contributed by atoms with Crippen LogP contribution in [0.3, 0.4) is 0 Å². The molecule has 1 unspecified atom stereocenters. The van der Waals surface area contributed by atoms with Crippen molar-refractivity contribution in [2.75, 3.05) is 10.2 Å². The highest BCUT2D eigenvalue weighted by atomic mass is 32.3. The van der Waals surface area contributed by atoms with E-state index in [-0.39, 0.29) is 6.17 Å². The standard InChI is InChI=1S/C60H49N3S/c1-40-24-34-52-53(36-40)58(51-33-23-41(2)37-54(51)59(52)64(48-16-8-5-9-17-48,49-18-10-6-11-19-49)50-20-12-7-13-21-50)46-27-25-44(26-28-46)45-29-31-47(32-30-45)63-57-39-43(4)42(3)38-56(57)62-60(63)55-22-14-15-35-61-55/h5-39,60,62H,1-4H3. The van der Waals surface area contributed by atoms with E-state index in [2.05, 4.69) is 238 Å². The SMILES string of the molecule is Cc1ccc2c(S(c3ccccc3)(c3ccccc3)c3ccccc3)c3cc(C)ccc3c(-c3ccc(-c4ccc(N5c6cc(C)c(C)cc6NC5c5ccccn5)cc4)cc3)c2c1. The van der Waals surface area contributed by atoms with Crippen LogP contribution in [0.5, 0.6) is 0 Å². The molecule has 2 heterocycles. The van der Waals surface area contributed by atoms with Crippen LogP contribution in [-0.4, -0.2) is 4.98 Å². The number of nitrogens with zero attached hydrogens (tertiary/aromatic N) is 2. The minimum atomic E-state index is -2.00. The molecular formula is C60H49N3S. The van der Waals surface area contributed by atoms with Gasteiger partial charge in [-0.05, 0) is 155 Å². The summed E-state index contributed by atoms with van der Waals surface area (Å²) in [7, 11) is -2.00. The van der Waals surface area contributed by atoms with Crippen LogP contribution in [0.25, 0.3) is 43.8 Å². The first-order valence-electron chi connectivity index (χ1n) is 22.1. The minimum absolute atomic E-state index is 0.106. The van der Waals surface area contributed by atoms with Gasteiger partial charge in [-0.15, -0.1) is 10.0 Å². The predicted octanol–water partition coefficient (Wildman–Crippen LogP) is 16.6. The van der Waals surface area contributed by atoms with Gasteiger partial charge >= 0.3 is 0 Å². The molecule has 1 aromatic heterocycles. The number of hydrogen-bond acceptors (Lipinski definition) is 3. The Hall–Kier alpha value is -7.40. The number of aromatic nitrogens is 1. The third kappa shape index (κ3) is 6.56. The van der Waals surface area contributed by atoms with E-state index in [4.69, 9.17) is 4.98 Å². The molecule has 10 aromatic rings. The molecule has 0 radical (unpaired) electrons. The monoisotopic (exact) mass is 843 g/mol. The molecule has 0 amide bonds. The number of rotatable bonds is 8. The molecule has 9 aromatic carbocycles. The second-order valence-electron chi connectivity index (χ2n) is 17.1. The largest absolute Gasteiger partial charge is 0.358 e. The fourth-order valence-corrected chi connectivity index (χ4v) is 14.1. The van der Waals surface area contributed by atoms with Gasteiger partial charge in [0.2, 0.25) is 0 Å². The molecule has 0 bridgehead atoms. The third-order valence-corrected chi connectivity index (χ3v) is 17.0. The van der Waals surface area contributed by atoms with E-state index in [1.165, 1.54) is 91.3 Å². The van der Waals surface area contributed by atoms with Crippen molar-refractivity contribution in [3.05, 3.63) is 240 Å². The normalized spacial score (nSPS) is 13.8. The van der Waals surface area contributed by atoms with Gasteiger partial charge in [0.25, 0.3) is 0 Å². The molecule has 4 heteroatoms. The molecule has 3 nitrogen and oxygen atoms in total. The van der Waals surface area contributed by atoms with Crippen molar-refractivity contribution in [2.24, 2.45) is 0 Å². The topological polar surface area (TPSA) is 28.2 Å². The van der Waals surface area contributed by atoms with Crippen molar-refractivity contribution in [1.29, 1.82) is 0 Å². The molecule has 1 aliphatic rings. The second-order valence-corrected chi connectivity index (χ2v) is 20.2. The Bertz CT molecular complexity index is 3220. The van der Waals surface area contributed by atoms with Gasteiger partial charge in [-0.25, -0.2) is 0 Å². The number of hydrogen-bond donors (Lipinski definition) is 1. The van der Waals surface area contributed by atoms with Crippen molar-refractivity contribution in [3.8, 4) is 22.3 Å². The van der Waals surface area contributed by atoms with Gasteiger partial charge < -0.3 is 10.2 Å². The average molecular weight is 844 g/mol.